The SMILES string of the molecule is CNC(=O)c1cc(S(=O)(=O)NCc2cccnc2)ccc1OC. The molecule has 0 spiro atoms. The van der Waals surface area contributed by atoms with Crippen molar-refractivity contribution >= 4 is 15.9 Å². The number of sulfonamides is 1. The van der Waals surface area contributed by atoms with Gasteiger partial charge >= 0.3 is 0 Å². The summed E-state index contributed by atoms with van der Waals surface area (Å²) in [6.07, 6.45) is 3.18. The molecule has 0 saturated carbocycles. The van der Waals surface area contributed by atoms with Gasteiger partial charge in [0, 0.05) is 26.0 Å². The lowest BCUT2D eigenvalue weighted by Crippen LogP contribution is -2.24. The Hall–Kier alpha value is -2.45. The molecule has 0 aliphatic carbocycles. The summed E-state index contributed by atoms with van der Waals surface area (Å²) in [5, 5.41) is 2.45. The van der Waals surface area contributed by atoms with E-state index >= 15 is 0 Å². The molecule has 0 fully saturated rings. The number of methoxy groups -OCH3 is 1. The van der Waals surface area contributed by atoms with E-state index in [4.69, 9.17) is 4.74 Å². The Morgan fingerprint density at radius 1 is 1.30 bits per heavy atom. The number of hydrogen-bond donors (Lipinski definition) is 2. The zero-order chi connectivity index (χ0) is 16.9. The molecular formula is C15H17N3O4S. The molecule has 122 valence electrons. The number of carbonyl (C=O) groups is 1. The summed E-state index contributed by atoms with van der Waals surface area (Å²) in [6.45, 7) is 0.109. The molecule has 23 heavy (non-hydrogen) atoms. The minimum atomic E-state index is -3.76. The van der Waals surface area contributed by atoms with Crippen molar-refractivity contribution in [1.29, 1.82) is 0 Å². The number of pyridine rings is 1. The highest BCUT2D eigenvalue weighted by Gasteiger charge is 2.19. The van der Waals surface area contributed by atoms with Crippen molar-refractivity contribution in [3.05, 3.63) is 53.9 Å². The molecule has 8 heteroatoms. The molecular weight excluding hydrogens is 318 g/mol. The third-order valence-electron chi connectivity index (χ3n) is 3.14. The van der Waals surface area contributed by atoms with Crippen molar-refractivity contribution in [3.63, 3.8) is 0 Å². The maximum atomic E-state index is 12.4. The van der Waals surface area contributed by atoms with E-state index in [1.165, 1.54) is 32.4 Å². The second-order valence-electron chi connectivity index (χ2n) is 4.63. The van der Waals surface area contributed by atoms with Crippen LogP contribution in [0.5, 0.6) is 5.75 Å². The van der Waals surface area contributed by atoms with Crippen LogP contribution in [-0.2, 0) is 16.6 Å². The summed E-state index contributed by atoms with van der Waals surface area (Å²) in [6, 6.07) is 7.60. The van der Waals surface area contributed by atoms with Crippen LogP contribution in [0.1, 0.15) is 15.9 Å². The van der Waals surface area contributed by atoms with Gasteiger partial charge in [-0.25, -0.2) is 13.1 Å². The van der Waals surface area contributed by atoms with Crippen molar-refractivity contribution in [1.82, 2.24) is 15.0 Å². The summed E-state index contributed by atoms with van der Waals surface area (Å²) in [5.41, 5.74) is 0.885. The lowest BCUT2D eigenvalue weighted by molar-refractivity contribution is 0.0960. The number of aromatic nitrogens is 1. The molecule has 0 radical (unpaired) electrons. The molecule has 2 N–H and O–H groups in total. The number of benzene rings is 1. The molecule has 1 amide bonds. The second-order valence-corrected chi connectivity index (χ2v) is 6.39. The maximum absolute atomic E-state index is 12.4. The van der Waals surface area contributed by atoms with Gasteiger partial charge in [-0.15, -0.1) is 0 Å². The van der Waals surface area contributed by atoms with Crippen LogP contribution in [0.3, 0.4) is 0 Å². The van der Waals surface area contributed by atoms with Crippen LogP contribution < -0.4 is 14.8 Å². The first-order valence-electron chi connectivity index (χ1n) is 6.76. The van der Waals surface area contributed by atoms with Crippen molar-refractivity contribution < 1.29 is 17.9 Å². The Morgan fingerprint density at radius 2 is 2.09 bits per heavy atom. The standard InChI is InChI=1S/C15H17N3O4S/c1-16-15(19)13-8-12(5-6-14(13)22-2)23(20,21)18-10-11-4-3-7-17-9-11/h3-9,18H,10H2,1-2H3,(H,16,19). The normalized spacial score (nSPS) is 11.0. The van der Waals surface area contributed by atoms with E-state index in [0.29, 0.717) is 5.75 Å². The first-order valence-corrected chi connectivity index (χ1v) is 8.25. The monoisotopic (exact) mass is 335 g/mol. The molecule has 0 aliphatic rings. The summed E-state index contributed by atoms with van der Waals surface area (Å²) in [5.74, 6) is -0.123. The number of amides is 1. The fraction of sp³-hybridized carbons (Fsp3) is 0.200. The molecule has 0 bridgehead atoms. The summed E-state index contributed by atoms with van der Waals surface area (Å²) in [4.78, 5) is 15.7. The molecule has 7 nitrogen and oxygen atoms in total. The van der Waals surface area contributed by atoms with Gasteiger partial charge in [-0.3, -0.25) is 9.78 Å². The van der Waals surface area contributed by atoms with E-state index in [9.17, 15) is 13.2 Å². The van der Waals surface area contributed by atoms with Crippen LogP contribution in [0.2, 0.25) is 0 Å². The van der Waals surface area contributed by atoms with Crippen molar-refractivity contribution in [3.8, 4) is 5.75 Å². The fourth-order valence-electron chi connectivity index (χ4n) is 1.93. The van der Waals surface area contributed by atoms with E-state index in [2.05, 4.69) is 15.0 Å². The molecule has 1 aromatic heterocycles. The quantitative estimate of drug-likeness (QED) is 0.818. The summed E-state index contributed by atoms with van der Waals surface area (Å²) >= 11 is 0. The Labute approximate surface area is 134 Å². The Balaban J connectivity index is 2.27. The number of nitrogens with zero attached hydrogens (tertiary/aromatic N) is 1. The number of hydrogen-bond acceptors (Lipinski definition) is 5. The van der Waals surface area contributed by atoms with Gasteiger partial charge in [-0.05, 0) is 29.8 Å². The van der Waals surface area contributed by atoms with E-state index in [0.717, 1.165) is 5.56 Å². The first kappa shape index (κ1) is 16.9. The van der Waals surface area contributed by atoms with E-state index < -0.39 is 15.9 Å². The molecule has 0 saturated heterocycles. The van der Waals surface area contributed by atoms with Gasteiger partial charge in [0.15, 0.2) is 0 Å². The minimum Gasteiger partial charge on any atom is -0.496 e. The van der Waals surface area contributed by atoms with Crippen LogP contribution in [-0.4, -0.2) is 33.5 Å². The van der Waals surface area contributed by atoms with Gasteiger partial charge in [-0.2, -0.15) is 0 Å². The number of ether oxygens (including phenoxy) is 1. The molecule has 2 rings (SSSR count). The van der Waals surface area contributed by atoms with Crippen LogP contribution in [0.25, 0.3) is 0 Å². The van der Waals surface area contributed by atoms with Gasteiger partial charge < -0.3 is 10.1 Å². The molecule has 1 aromatic carbocycles. The molecule has 0 unspecified atom stereocenters. The molecule has 0 aliphatic heterocycles. The fourth-order valence-corrected chi connectivity index (χ4v) is 2.97. The molecule has 2 aromatic rings. The highest BCUT2D eigenvalue weighted by molar-refractivity contribution is 7.89. The highest BCUT2D eigenvalue weighted by atomic mass is 32.2. The van der Waals surface area contributed by atoms with Crippen molar-refractivity contribution in [2.24, 2.45) is 0 Å². The predicted molar refractivity (Wildman–Crippen MR) is 84.6 cm³/mol. The smallest absolute Gasteiger partial charge is 0.254 e. The number of rotatable bonds is 6. The Bertz CT molecular complexity index is 792. The first-order chi connectivity index (χ1) is 11.0. The number of nitrogens with one attached hydrogen (secondary N) is 2. The van der Waals surface area contributed by atoms with Crippen LogP contribution in [0, 0.1) is 0 Å². The van der Waals surface area contributed by atoms with Gasteiger partial charge in [-0.1, -0.05) is 6.07 Å². The van der Waals surface area contributed by atoms with Crippen LogP contribution in [0.4, 0.5) is 0 Å². The average molecular weight is 335 g/mol. The second kappa shape index (κ2) is 7.21. The van der Waals surface area contributed by atoms with Crippen molar-refractivity contribution in [2.75, 3.05) is 14.2 Å². The third-order valence-corrected chi connectivity index (χ3v) is 4.54. The minimum absolute atomic E-state index is 0.0132. The maximum Gasteiger partial charge on any atom is 0.254 e. The van der Waals surface area contributed by atoms with E-state index in [-0.39, 0.29) is 17.0 Å². The predicted octanol–water partition coefficient (Wildman–Crippen LogP) is 0.928. The lowest BCUT2D eigenvalue weighted by Gasteiger charge is -2.11. The van der Waals surface area contributed by atoms with Gasteiger partial charge in [0.05, 0.1) is 17.6 Å². The Morgan fingerprint density at radius 3 is 2.70 bits per heavy atom. The molecule has 1 heterocycles. The Kier molecular flexibility index (Phi) is 5.30. The lowest BCUT2D eigenvalue weighted by atomic mass is 10.2. The highest BCUT2D eigenvalue weighted by Crippen LogP contribution is 2.22. The van der Waals surface area contributed by atoms with Crippen LogP contribution >= 0.6 is 0 Å². The zero-order valence-corrected chi connectivity index (χ0v) is 13.6. The van der Waals surface area contributed by atoms with Gasteiger partial charge in [0.1, 0.15) is 5.75 Å². The largest absolute Gasteiger partial charge is 0.496 e. The zero-order valence-electron chi connectivity index (χ0n) is 12.7. The topological polar surface area (TPSA) is 97.4 Å². The van der Waals surface area contributed by atoms with E-state index in [1.54, 1.807) is 24.5 Å². The van der Waals surface area contributed by atoms with Crippen molar-refractivity contribution in [2.45, 2.75) is 11.4 Å². The third kappa shape index (κ3) is 4.05. The van der Waals surface area contributed by atoms with Crippen LogP contribution in [0.15, 0.2) is 47.6 Å². The average Bonchev–Trinajstić information content (AvgIpc) is 2.59. The summed E-state index contributed by atoms with van der Waals surface area (Å²) in [7, 11) is -0.886. The van der Waals surface area contributed by atoms with E-state index in [1.807, 2.05) is 0 Å². The van der Waals surface area contributed by atoms with Gasteiger partial charge in [0.2, 0.25) is 10.0 Å². The molecule has 0 atom stereocenters. The summed E-state index contributed by atoms with van der Waals surface area (Å²) < 4.78 is 32.3. The number of carbonyl (C=O) groups excluding carboxylic acids is 1. The van der Waals surface area contributed by atoms with Gasteiger partial charge in [0.25, 0.3) is 5.91 Å².